The topological polar surface area (TPSA) is 109 Å². The number of thiazole rings is 1. The molecule has 1 fully saturated rings. The number of thioether (sulfide) groups is 1. The van der Waals surface area contributed by atoms with Crippen LogP contribution in [0.15, 0.2) is 9.72 Å². The van der Waals surface area contributed by atoms with Gasteiger partial charge in [-0.2, -0.15) is 0 Å². The van der Waals surface area contributed by atoms with E-state index >= 15 is 0 Å². The normalized spacial score (nSPS) is 14.6. The lowest BCUT2D eigenvalue weighted by Gasteiger charge is -2.22. The van der Waals surface area contributed by atoms with Gasteiger partial charge in [0.15, 0.2) is 9.47 Å². The number of aromatic nitrogens is 3. The standard InChI is InChI=1S/C17H24N6O2S3/c1-2-26-17-23-22-16(28-17)20-13(24)9-8-12-10-27-15(19-12)21-14(25)18-11-6-4-3-5-7-11/h10-11H,2-9H2,1H3,(H,20,22,24)(H2,18,19,21,25). The van der Waals surface area contributed by atoms with Crippen molar-refractivity contribution in [1.29, 1.82) is 0 Å². The molecule has 1 aliphatic rings. The zero-order chi connectivity index (χ0) is 19.8. The van der Waals surface area contributed by atoms with Gasteiger partial charge in [-0.1, -0.05) is 49.3 Å². The summed E-state index contributed by atoms with van der Waals surface area (Å²) in [5.74, 6) is 0.795. The molecule has 1 aliphatic carbocycles. The molecule has 8 nitrogen and oxygen atoms in total. The molecule has 0 radical (unpaired) electrons. The van der Waals surface area contributed by atoms with Crippen molar-refractivity contribution in [3.8, 4) is 0 Å². The van der Waals surface area contributed by atoms with E-state index < -0.39 is 0 Å². The molecule has 2 heterocycles. The van der Waals surface area contributed by atoms with E-state index in [-0.39, 0.29) is 18.0 Å². The molecule has 152 valence electrons. The van der Waals surface area contributed by atoms with Crippen LogP contribution in [-0.2, 0) is 11.2 Å². The van der Waals surface area contributed by atoms with Crippen LogP contribution < -0.4 is 16.0 Å². The van der Waals surface area contributed by atoms with Crippen LogP contribution in [0.1, 0.15) is 51.1 Å². The molecule has 28 heavy (non-hydrogen) atoms. The number of urea groups is 1. The zero-order valence-electron chi connectivity index (χ0n) is 15.7. The predicted octanol–water partition coefficient (Wildman–Crippen LogP) is 4.13. The Balaban J connectivity index is 1.39. The second-order valence-corrected chi connectivity index (χ2v) is 9.78. The maximum atomic E-state index is 12.1. The third kappa shape index (κ3) is 6.71. The van der Waals surface area contributed by atoms with Crippen molar-refractivity contribution in [3.63, 3.8) is 0 Å². The van der Waals surface area contributed by atoms with E-state index in [9.17, 15) is 9.59 Å². The number of rotatable bonds is 8. The van der Waals surface area contributed by atoms with Gasteiger partial charge in [-0.25, -0.2) is 9.78 Å². The van der Waals surface area contributed by atoms with Gasteiger partial charge in [-0.15, -0.1) is 21.5 Å². The average Bonchev–Trinajstić information content (AvgIpc) is 3.30. The molecular weight excluding hydrogens is 416 g/mol. The first-order valence-electron chi connectivity index (χ1n) is 9.40. The second-order valence-electron chi connectivity index (χ2n) is 6.43. The second kappa shape index (κ2) is 10.7. The van der Waals surface area contributed by atoms with E-state index in [0.29, 0.717) is 23.1 Å². The minimum atomic E-state index is -0.206. The summed E-state index contributed by atoms with van der Waals surface area (Å²) in [6.07, 6.45) is 6.48. The van der Waals surface area contributed by atoms with Crippen molar-refractivity contribution in [3.05, 3.63) is 11.1 Å². The van der Waals surface area contributed by atoms with E-state index in [1.807, 2.05) is 12.3 Å². The molecule has 3 rings (SSSR count). The van der Waals surface area contributed by atoms with Crippen LogP contribution >= 0.6 is 34.4 Å². The molecule has 0 spiro atoms. The van der Waals surface area contributed by atoms with Crippen molar-refractivity contribution in [2.75, 3.05) is 16.4 Å². The summed E-state index contributed by atoms with van der Waals surface area (Å²) in [6.45, 7) is 2.04. The Kier molecular flexibility index (Phi) is 8.04. The molecule has 0 aromatic carbocycles. The Hall–Kier alpha value is -1.72. The van der Waals surface area contributed by atoms with Crippen LogP contribution in [0.5, 0.6) is 0 Å². The van der Waals surface area contributed by atoms with E-state index in [2.05, 4.69) is 31.1 Å². The van der Waals surface area contributed by atoms with Crippen molar-refractivity contribution in [2.24, 2.45) is 0 Å². The van der Waals surface area contributed by atoms with Crippen molar-refractivity contribution in [1.82, 2.24) is 20.5 Å². The summed E-state index contributed by atoms with van der Waals surface area (Å²) in [6, 6.07) is 0.0519. The van der Waals surface area contributed by atoms with Crippen LogP contribution in [-0.4, -0.2) is 38.9 Å². The molecule has 0 aliphatic heterocycles. The van der Waals surface area contributed by atoms with Crippen LogP contribution in [0.3, 0.4) is 0 Å². The first-order valence-corrected chi connectivity index (χ1v) is 12.1. The van der Waals surface area contributed by atoms with Crippen molar-refractivity contribution in [2.45, 2.75) is 62.3 Å². The Bertz CT molecular complexity index is 787. The maximum absolute atomic E-state index is 12.1. The van der Waals surface area contributed by atoms with Gasteiger partial charge in [0.25, 0.3) is 0 Å². The monoisotopic (exact) mass is 440 g/mol. The Labute approximate surface area is 176 Å². The number of nitrogens with zero attached hydrogens (tertiary/aromatic N) is 3. The highest BCUT2D eigenvalue weighted by molar-refractivity contribution is 8.01. The quantitative estimate of drug-likeness (QED) is 0.421. The van der Waals surface area contributed by atoms with Gasteiger partial charge in [0, 0.05) is 17.8 Å². The summed E-state index contributed by atoms with van der Waals surface area (Å²) in [5, 5.41) is 19.5. The van der Waals surface area contributed by atoms with Crippen LogP contribution in [0, 0.1) is 0 Å². The minimum Gasteiger partial charge on any atom is -0.335 e. The van der Waals surface area contributed by atoms with Crippen LogP contribution in [0.25, 0.3) is 0 Å². The summed E-state index contributed by atoms with van der Waals surface area (Å²) in [7, 11) is 0. The molecule has 2 aromatic rings. The number of carbonyl (C=O) groups excluding carboxylic acids is 2. The smallest absolute Gasteiger partial charge is 0.321 e. The summed E-state index contributed by atoms with van der Waals surface area (Å²) in [5.41, 5.74) is 0.785. The third-order valence-corrected chi connectivity index (χ3v) is 6.90. The number of amides is 3. The van der Waals surface area contributed by atoms with Crippen molar-refractivity contribution < 1.29 is 9.59 Å². The Morgan fingerprint density at radius 1 is 1.18 bits per heavy atom. The molecule has 0 bridgehead atoms. The fourth-order valence-electron chi connectivity index (χ4n) is 2.91. The minimum absolute atomic E-state index is 0.123. The van der Waals surface area contributed by atoms with Gasteiger partial charge in [-0.3, -0.25) is 10.1 Å². The number of aryl methyl sites for hydroxylation is 1. The number of nitrogens with one attached hydrogen (secondary N) is 3. The lowest BCUT2D eigenvalue weighted by Crippen LogP contribution is -2.38. The molecule has 2 aromatic heterocycles. The predicted molar refractivity (Wildman–Crippen MR) is 114 cm³/mol. The molecule has 3 amide bonds. The first kappa shape index (κ1) is 21.0. The highest BCUT2D eigenvalue weighted by atomic mass is 32.2. The van der Waals surface area contributed by atoms with Gasteiger partial charge in [0.05, 0.1) is 5.69 Å². The van der Waals surface area contributed by atoms with Gasteiger partial charge < -0.3 is 10.6 Å². The Morgan fingerprint density at radius 2 is 2.00 bits per heavy atom. The molecule has 3 N–H and O–H groups in total. The fraction of sp³-hybridized carbons (Fsp3) is 0.588. The highest BCUT2D eigenvalue weighted by Crippen LogP contribution is 2.25. The molecule has 0 unspecified atom stereocenters. The molecule has 0 saturated heterocycles. The lowest BCUT2D eigenvalue weighted by molar-refractivity contribution is -0.116. The van der Waals surface area contributed by atoms with Gasteiger partial charge in [0.2, 0.25) is 11.0 Å². The van der Waals surface area contributed by atoms with E-state index in [1.54, 1.807) is 11.8 Å². The van der Waals surface area contributed by atoms with Gasteiger partial charge >= 0.3 is 6.03 Å². The largest absolute Gasteiger partial charge is 0.335 e. The zero-order valence-corrected chi connectivity index (χ0v) is 18.1. The Morgan fingerprint density at radius 3 is 2.79 bits per heavy atom. The molecule has 1 saturated carbocycles. The van der Waals surface area contributed by atoms with E-state index in [0.717, 1.165) is 28.6 Å². The maximum Gasteiger partial charge on any atom is 0.321 e. The van der Waals surface area contributed by atoms with Crippen LogP contribution in [0.2, 0.25) is 0 Å². The fourth-order valence-corrected chi connectivity index (χ4v) is 5.32. The number of hydrogen-bond acceptors (Lipinski definition) is 8. The average molecular weight is 441 g/mol. The molecule has 0 atom stereocenters. The van der Waals surface area contributed by atoms with Gasteiger partial charge in [-0.05, 0) is 25.0 Å². The van der Waals surface area contributed by atoms with Crippen molar-refractivity contribution >= 4 is 56.6 Å². The highest BCUT2D eigenvalue weighted by Gasteiger charge is 2.16. The summed E-state index contributed by atoms with van der Waals surface area (Å²) < 4.78 is 0.847. The summed E-state index contributed by atoms with van der Waals surface area (Å²) in [4.78, 5) is 28.5. The first-order chi connectivity index (χ1) is 13.6. The lowest BCUT2D eigenvalue weighted by atomic mass is 9.96. The van der Waals surface area contributed by atoms with E-state index in [4.69, 9.17) is 0 Å². The summed E-state index contributed by atoms with van der Waals surface area (Å²) >= 11 is 4.34. The van der Waals surface area contributed by atoms with E-state index in [1.165, 1.54) is 41.9 Å². The SMILES string of the molecule is CCSc1nnc(NC(=O)CCc2csc(NC(=O)NC3CCCCC3)n2)s1. The number of anilines is 2. The number of hydrogen-bond donors (Lipinski definition) is 3. The number of carbonyl (C=O) groups is 2. The van der Waals surface area contributed by atoms with Gasteiger partial charge in [0.1, 0.15) is 0 Å². The third-order valence-electron chi connectivity index (χ3n) is 4.24. The van der Waals surface area contributed by atoms with Crippen LogP contribution in [0.4, 0.5) is 15.1 Å². The molecular formula is C17H24N6O2S3. The molecule has 11 heteroatoms.